The van der Waals surface area contributed by atoms with Gasteiger partial charge in [0.05, 0.1) is 4.91 Å². The third-order valence-corrected chi connectivity index (χ3v) is 5.98. The smallest absolute Gasteiger partial charge is 0.266 e. The molecule has 0 unspecified atom stereocenters. The Balaban J connectivity index is 1.54. The minimum absolute atomic E-state index is 0.0933. The molecule has 1 saturated heterocycles. The second kappa shape index (κ2) is 8.64. The largest absolute Gasteiger partial charge is 0.488 e. The summed E-state index contributed by atoms with van der Waals surface area (Å²) in [5, 5.41) is 2.39. The molecule has 3 aromatic carbocycles. The van der Waals surface area contributed by atoms with Crippen LogP contribution >= 0.6 is 24.0 Å². The van der Waals surface area contributed by atoms with Crippen LogP contribution in [0.1, 0.15) is 11.1 Å². The molecule has 5 heteroatoms. The number of carbonyl (C=O) groups is 1. The van der Waals surface area contributed by atoms with Gasteiger partial charge in [-0.1, -0.05) is 84.7 Å². The Morgan fingerprint density at radius 3 is 2.62 bits per heavy atom. The van der Waals surface area contributed by atoms with Crippen molar-refractivity contribution >= 4 is 51.1 Å². The first kappa shape index (κ1) is 19.4. The van der Waals surface area contributed by atoms with E-state index < -0.39 is 0 Å². The zero-order valence-corrected chi connectivity index (χ0v) is 17.3. The van der Waals surface area contributed by atoms with Crippen molar-refractivity contribution in [3.63, 3.8) is 0 Å². The number of rotatable bonds is 6. The monoisotopic (exact) mass is 417 g/mol. The topological polar surface area (TPSA) is 29.5 Å². The number of amides is 1. The third kappa shape index (κ3) is 4.26. The van der Waals surface area contributed by atoms with Gasteiger partial charge in [0.1, 0.15) is 16.7 Å². The summed E-state index contributed by atoms with van der Waals surface area (Å²) in [4.78, 5) is 14.7. The second-order valence-electron chi connectivity index (χ2n) is 6.59. The highest BCUT2D eigenvalue weighted by atomic mass is 32.2. The van der Waals surface area contributed by atoms with E-state index in [1.807, 2.05) is 42.5 Å². The number of thiocarbonyl (C=S) groups is 1. The molecular formula is C24H19NO2S2. The Labute approximate surface area is 179 Å². The van der Waals surface area contributed by atoms with Gasteiger partial charge in [-0.25, -0.2) is 0 Å². The molecule has 0 radical (unpaired) electrons. The summed E-state index contributed by atoms with van der Waals surface area (Å²) in [6.07, 6.45) is 3.52. The molecule has 29 heavy (non-hydrogen) atoms. The predicted octanol–water partition coefficient (Wildman–Crippen LogP) is 5.81. The summed E-state index contributed by atoms with van der Waals surface area (Å²) in [5.74, 6) is 0.638. The van der Waals surface area contributed by atoms with Crippen LogP contribution in [0.25, 0.3) is 16.8 Å². The van der Waals surface area contributed by atoms with Gasteiger partial charge in [0.2, 0.25) is 0 Å². The molecule has 0 aromatic heterocycles. The average molecular weight is 418 g/mol. The number of fused-ring (bicyclic) bond motifs is 1. The molecule has 0 spiro atoms. The van der Waals surface area contributed by atoms with E-state index >= 15 is 0 Å². The summed E-state index contributed by atoms with van der Waals surface area (Å²) in [6, 6.07) is 22.3. The fraction of sp³-hybridized carbons (Fsp3) is 0.0833. The quantitative estimate of drug-likeness (QED) is 0.288. The van der Waals surface area contributed by atoms with Gasteiger partial charge >= 0.3 is 0 Å². The molecule has 1 aliphatic rings. The molecule has 4 rings (SSSR count). The summed E-state index contributed by atoms with van der Waals surface area (Å²) in [6.45, 7) is 4.56. The Hall–Kier alpha value is -2.89. The zero-order valence-electron chi connectivity index (χ0n) is 15.7. The molecular weight excluding hydrogens is 398 g/mol. The van der Waals surface area contributed by atoms with Crippen LogP contribution in [-0.4, -0.2) is 21.7 Å². The van der Waals surface area contributed by atoms with Crippen LogP contribution in [0.4, 0.5) is 0 Å². The maximum absolute atomic E-state index is 12.6. The molecule has 0 bridgehead atoms. The molecule has 3 aromatic rings. The van der Waals surface area contributed by atoms with Gasteiger partial charge in [-0.15, -0.1) is 6.58 Å². The molecule has 0 N–H and O–H groups in total. The first-order chi connectivity index (χ1) is 14.2. The highest BCUT2D eigenvalue weighted by molar-refractivity contribution is 8.26. The molecule has 1 fully saturated rings. The highest BCUT2D eigenvalue weighted by Crippen LogP contribution is 2.34. The van der Waals surface area contributed by atoms with Crippen LogP contribution in [0.15, 0.2) is 84.3 Å². The van der Waals surface area contributed by atoms with Crippen molar-refractivity contribution in [3.05, 3.63) is 95.4 Å². The van der Waals surface area contributed by atoms with E-state index in [9.17, 15) is 4.79 Å². The van der Waals surface area contributed by atoms with Crippen LogP contribution in [0.2, 0.25) is 0 Å². The van der Waals surface area contributed by atoms with E-state index in [0.717, 1.165) is 16.9 Å². The number of ether oxygens (including phenoxy) is 1. The normalized spacial score (nSPS) is 15.3. The fourth-order valence-corrected chi connectivity index (χ4v) is 4.41. The molecule has 1 heterocycles. The van der Waals surface area contributed by atoms with Crippen molar-refractivity contribution in [1.29, 1.82) is 0 Å². The summed E-state index contributed by atoms with van der Waals surface area (Å²) in [5.41, 5.74) is 1.95. The van der Waals surface area contributed by atoms with Crippen molar-refractivity contribution < 1.29 is 9.53 Å². The zero-order chi connectivity index (χ0) is 20.2. The molecule has 1 amide bonds. The fourth-order valence-electron chi connectivity index (χ4n) is 3.15. The van der Waals surface area contributed by atoms with Gasteiger partial charge in [0.25, 0.3) is 5.91 Å². The predicted molar refractivity (Wildman–Crippen MR) is 125 cm³/mol. The Bertz CT molecular complexity index is 1140. The average Bonchev–Trinajstić information content (AvgIpc) is 3.01. The van der Waals surface area contributed by atoms with Gasteiger partial charge in [-0.05, 0) is 34.5 Å². The van der Waals surface area contributed by atoms with Gasteiger partial charge in [0, 0.05) is 12.1 Å². The first-order valence-corrected chi connectivity index (χ1v) is 10.4. The molecule has 144 valence electrons. The maximum atomic E-state index is 12.6. The molecule has 0 atom stereocenters. The Morgan fingerprint density at radius 1 is 1.03 bits per heavy atom. The number of hydrogen-bond donors (Lipinski definition) is 0. The lowest BCUT2D eigenvalue weighted by Gasteiger charge is -2.11. The SMILES string of the molecule is C=CCN1C(=O)/C(=C\c2ccccc2OCc2ccc3ccccc3c2)SC1=S. The van der Waals surface area contributed by atoms with Crippen molar-refractivity contribution in [3.8, 4) is 5.75 Å². The highest BCUT2D eigenvalue weighted by Gasteiger charge is 2.31. The first-order valence-electron chi connectivity index (χ1n) is 9.21. The van der Waals surface area contributed by atoms with Gasteiger partial charge in [-0.3, -0.25) is 9.69 Å². The van der Waals surface area contributed by atoms with Gasteiger partial charge < -0.3 is 4.74 Å². The molecule has 3 nitrogen and oxygen atoms in total. The number of benzene rings is 3. The second-order valence-corrected chi connectivity index (χ2v) is 8.26. The van der Waals surface area contributed by atoms with Gasteiger partial charge in [0.15, 0.2) is 0 Å². The molecule has 0 saturated carbocycles. The van der Waals surface area contributed by atoms with Crippen LogP contribution in [0, 0.1) is 0 Å². The van der Waals surface area contributed by atoms with E-state index in [1.54, 1.807) is 11.0 Å². The van der Waals surface area contributed by atoms with Crippen molar-refractivity contribution in [2.45, 2.75) is 6.61 Å². The van der Waals surface area contributed by atoms with E-state index in [-0.39, 0.29) is 5.91 Å². The number of carbonyl (C=O) groups excluding carboxylic acids is 1. The van der Waals surface area contributed by atoms with Crippen LogP contribution < -0.4 is 4.74 Å². The lowest BCUT2D eigenvalue weighted by Crippen LogP contribution is -2.27. The standard InChI is InChI=1S/C24H19NO2S2/c1-2-13-25-23(26)22(29-24(25)28)15-20-9-5-6-10-21(20)27-16-17-11-12-18-7-3-4-8-19(18)14-17/h2-12,14-15H,1,13,16H2/b22-15+. The van der Waals surface area contributed by atoms with Crippen LogP contribution in [0.3, 0.4) is 0 Å². The van der Waals surface area contributed by atoms with E-state index in [4.69, 9.17) is 17.0 Å². The van der Waals surface area contributed by atoms with Crippen molar-refractivity contribution in [1.82, 2.24) is 4.90 Å². The number of hydrogen-bond acceptors (Lipinski definition) is 4. The van der Waals surface area contributed by atoms with E-state index in [0.29, 0.717) is 22.4 Å². The summed E-state index contributed by atoms with van der Waals surface area (Å²) in [7, 11) is 0. The van der Waals surface area contributed by atoms with Crippen LogP contribution in [-0.2, 0) is 11.4 Å². The summed E-state index contributed by atoms with van der Waals surface area (Å²) >= 11 is 6.62. The molecule has 1 aliphatic heterocycles. The van der Waals surface area contributed by atoms with Crippen molar-refractivity contribution in [2.24, 2.45) is 0 Å². The number of thioether (sulfide) groups is 1. The third-order valence-electron chi connectivity index (χ3n) is 4.60. The van der Waals surface area contributed by atoms with E-state index in [2.05, 4.69) is 36.9 Å². The minimum atomic E-state index is -0.0933. The minimum Gasteiger partial charge on any atom is -0.488 e. The lowest BCUT2D eigenvalue weighted by atomic mass is 10.1. The molecule has 0 aliphatic carbocycles. The van der Waals surface area contributed by atoms with Crippen molar-refractivity contribution in [2.75, 3.05) is 6.54 Å². The Morgan fingerprint density at radius 2 is 1.79 bits per heavy atom. The van der Waals surface area contributed by atoms with Gasteiger partial charge in [-0.2, -0.15) is 0 Å². The summed E-state index contributed by atoms with van der Waals surface area (Å²) < 4.78 is 6.64. The lowest BCUT2D eigenvalue weighted by molar-refractivity contribution is -0.121. The number of nitrogens with zero attached hydrogens (tertiary/aromatic N) is 1. The van der Waals surface area contributed by atoms with Crippen LogP contribution in [0.5, 0.6) is 5.75 Å². The number of para-hydroxylation sites is 1. The maximum Gasteiger partial charge on any atom is 0.266 e. The Kier molecular flexibility index (Phi) is 5.79. The van der Waals surface area contributed by atoms with E-state index in [1.165, 1.54) is 22.5 Å².